The summed E-state index contributed by atoms with van der Waals surface area (Å²) in [4.78, 5) is 15.9. The smallest absolute Gasteiger partial charge is 0.236 e. The minimum absolute atomic E-state index is 0.0765. The molecule has 0 spiro atoms. The van der Waals surface area contributed by atoms with E-state index in [0.717, 1.165) is 17.0 Å². The molecule has 1 heterocycles. The zero-order chi connectivity index (χ0) is 14.5. The molecule has 0 aliphatic carbocycles. The van der Waals surface area contributed by atoms with Gasteiger partial charge in [-0.05, 0) is 13.3 Å². The van der Waals surface area contributed by atoms with Crippen LogP contribution in [0, 0.1) is 6.92 Å². The van der Waals surface area contributed by atoms with Crippen molar-refractivity contribution in [3.63, 3.8) is 0 Å². The molecule has 1 unspecified atom stereocenters. The third kappa shape index (κ3) is 6.65. The number of nitrogens with two attached hydrogens (primary N) is 1. The second kappa shape index (κ2) is 6.97. The van der Waals surface area contributed by atoms with Crippen molar-refractivity contribution in [1.82, 2.24) is 10.3 Å². The van der Waals surface area contributed by atoms with E-state index in [4.69, 9.17) is 5.73 Å². The second-order valence-electron chi connectivity index (χ2n) is 4.42. The first-order valence-corrected chi connectivity index (χ1v) is 8.84. The van der Waals surface area contributed by atoms with Crippen molar-refractivity contribution in [1.29, 1.82) is 0 Å². The van der Waals surface area contributed by atoms with Gasteiger partial charge in [0.2, 0.25) is 5.91 Å². The van der Waals surface area contributed by atoms with Gasteiger partial charge in [-0.2, -0.15) is 0 Å². The maximum absolute atomic E-state index is 11.6. The minimum Gasteiger partial charge on any atom is -0.354 e. The lowest BCUT2D eigenvalue weighted by molar-refractivity contribution is -0.122. The molecule has 1 aromatic rings. The van der Waals surface area contributed by atoms with E-state index in [9.17, 15) is 13.2 Å². The Labute approximate surface area is 117 Å². The molecule has 0 aromatic carbocycles. The van der Waals surface area contributed by atoms with Crippen molar-refractivity contribution in [2.75, 3.05) is 18.6 Å². The van der Waals surface area contributed by atoms with E-state index in [0.29, 0.717) is 13.0 Å². The Morgan fingerprint density at radius 2 is 2.26 bits per heavy atom. The number of aromatic nitrogens is 1. The second-order valence-corrected chi connectivity index (χ2v) is 7.75. The number of sulfone groups is 1. The van der Waals surface area contributed by atoms with E-state index in [1.807, 2.05) is 12.3 Å². The van der Waals surface area contributed by atoms with Crippen LogP contribution in [0.3, 0.4) is 0 Å². The first-order valence-electron chi connectivity index (χ1n) is 5.90. The fourth-order valence-corrected chi connectivity index (χ4v) is 2.77. The molecular formula is C11H19N3O3S2. The molecule has 19 heavy (non-hydrogen) atoms. The lowest BCUT2D eigenvalue weighted by atomic mass is 10.2. The number of thiazole rings is 1. The van der Waals surface area contributed by atoms with E-state index in [1.165, 1.54) is 0 Å². The molecule has 1 atom stereocenters. The van der Waals surface area contributed by atoms with Crippen molar-refractivity contribution in [2.45, 2.75) is 25.8 Å². The lowest BCUT2D eigenvalue weighted by Gasteiger charge is -2.11. The molecule has 1 rings (SSSR count). The first kappa shape index (κ1) is 16.1. The van der Waals surface area contributed by atoms with Gasteiger partial charge in [-0.25, -0.2) is 13.4 Å². The summed E-state index contributed by atoms with van der Waals surface area (Å²) in [5.41, 5.74) is 6.56. The Hall–Kier alpha value is -0.990. The maximum Gasteiger partial charge on any atom is 0.236 e. The summed E-state index contributed by atoms with van der Waals surface area (Å²) in [7, 11) is -3.08. The Kier molecular flexibility index (Phi) is 5.89. The van der Waals surface area contributed by atoms with E-state index in [1.54, 1.807) is 11.3 Å². The van der Waals surface area contributed by atoms with Crippen LogP contribution in [0.5, 0.6) is 0 Å². The monoisotopic (exact) mass is 305 g/mol. The normalized spacial score (nSPS) is 13.2. The summed E-state index contributed by atoms with van der Waals surface area (Å²) in [6.45, 7) is 2.38. The molecule has 6 nitrogen and oxygen atoms in total. The van der Waals surface area contributed by atoms with Gasteiger partial charge in [0.1, 0.15) is 9.84 Å². The van der Waals surface area contributed by atoms with Gasteiger partial charge < -0.3 is 11.1 Å². The molecule has 3 N–H and O–H groups in total. The van der Waals surface area contributed by atoms with Crippen molar-refractivity contribution < 1.29 is 13.2 Å². The molecule has 0 aliphatic heterocycles. The van der Waals surface area contributed by atoms with Gasteiger partial charge >= 0.3 is 0 Å². The summed E-state index contributed by atoms with van der Waals surface area (Å²) in [6, 6.07) is -0.785. The molecular weight excluding hydrogens is 286 g/mol. The van der Waals surface area contributed by atoms with Gasteiger partial charge in [0.05, 0.1) is 22.5 Å². The van der Waals surface area contributed by atoms with Crippen molar-refractivity contribution in [3.05, 3.63) is 16.1 Å². The Bertz CT molecular complexity index is 525. The van der Waals surface area contributed by atoms with Crippen LogP contribution in [-0.2, 0) is 21.1 Å². The van der Waals surface area contributed by atoms with Crippen LogP contribution in [0.2, 0.25) is 0 Å². The maximum atomic E-state index is 11.6. The summed E-state index contributed by atoms with van der Waals surface area (Å²) in [6.07, 6.45) is 1.91. The summed E-state index contributed by atoms with van der Waals surface area (Å²) in [5.74, 6) is -0.400. The predicted octanol–water partition coefficient (Wildman–Crippen LogP) is -0.128. The molecule has 1 amide bonds. The van der Waals surface area contributed by atoms with Crippen LogP contribution in [0.4, 0.5) is 0 Å². The van der Waals surface area contributed by atoms with Crippen molar-refractivity contribution in [2.24, 2.45) is 5.73 Å². The highest BCUT2D eigenvalue weighted by molar-refractivity contribution is 7.90. The van der Waals surface area contributed by atoms with Gasteiger partial charge in [0.25, 0.3) is 0 Å². The summed E-state index contributed by atoms with van der Waals surface area (Å²) in [5, 5.41) is 5.62. The van der Waals surface area contributed by atoms with Gasteiger partial charge in [-0.1, -0.05) is 0 Å². The van der Waals surface area contributed by atoms with Crippen LogP contribution in [-0.4, -0.2) is 43.9 Å². The highest BCUT2D eigenvalue weighted by Crippen LogP contribution is 2.07. The fourth-order valence-electron chi connectivity index (χ4n) is 1.44. The van der Waals surface area contributed by atoms with Crippen LogP contribution < -0.4 is 11.1 Å². The largest absolute Gasteiger partial charge is 0.354 e. The third-order valence-corrected chi connectivity index (χ3v) is 4.28. The number of hydrogen-bond acceptors (Lipinski definition) is 6. The SMILES string of the molecule is Cc1nc(CCNC(=O)C(N)CCS(C)(=O)=O)cs1. The van der Waals surface area contributed by atoms with Crippen LogP contribution in [0.15, 0.2) is 5.38 Å². The standard InChI is InChI=1S/C11H19N3O3S2/c1-8-14-9(7-18-8)3-5-13-11(15)10(12)4-6-19(2,16)17/h7,10H,3-6,12H2,1-2H3,(H,13,15). The lowest BCUT2D eigenvalue weighted by Crippen LogP contribution is -2.42. The number of amides is 1. The molecule has 0 fully saturated rings. The number of hydrogen-bond donors (Lipinski definition) is 2. The van der Waals surface area contributed by atoms with Crippen LogP contribution in [0.25, 0.3) is 0 Å². The van der Waals surface area contributed by atoms with Crippen molar-refractivity contribution in [3.8, 4) is 0 Å². The average molecular weight is 305 g/mol. The molecule has 0 saturated heterocycles. The van der Waals surface area contributed by atoms with E-state index in [2.05, 4.69) is 10.3 Å². The van der Waals surface area contributed by atoms with E-state index >= 15 is 0 Å². The topological polar surface area (TPSA) is 102 Å². The van der Waals surface area contributed by atoms with Crippen LogP contribution in [0.1, 0.15) is 17.1 Å². The van der Waals surface area contributed by atoms with Crippen molar-refractivity contribution >= 4 is 27.1 Å². The Morgan fingerprint density at radius 1 is 1.58 bits per heavy atom. The molecule has 8 heteroatoms. The minimum atomic E-state index is -3.08. The average Bonchev–Trinajstić information content (AvgIpc) is 2.71. The zero-order valence-corrected chi connectivity index (χ0v) is 12.7. The number of nitrogens with zero attached hydrogens (tertiary/aromatic N) is 1. The fraction of sp³-hybridized carbons (Fsp3) is 0.636. The molecule has 0 saturated carbocycles. The predicted molar refractivity (Wildman–Crippen MR) is 75.9 cm³/mol. The quantitative estimate of drug-likeness (QED) is 0.731. The zero-order valence-electron chi connectivity index (χ0n) is 11.0. The first-order chi connectivity index (χ1) is 8.78. The number of rotatable bonds is 7. The summed E-state index contributed by atoms with van der Waals surface area (Å²) >= 11 is 1.57. The number of nitrogens with one attached hydrogen (secondary N) is 1. The molecule has 1 aromatic heterocycles. The van der Waals surface area contributed by atoms with E-state index < -0.39 is 15.9 Å². The summed E-state index contributed by atoms with van der Waals surface area (Å²) < 4.78 is 21.9. The number of carbonyl (C=O) groups is 1. The molecule has 0 aliphatic rings. The van der Waals surface area contributed by atoms with Gasteiger partial charge in [-0.3, -0.25) is 4.79 Å². The molecule has 0 radical (unpaired) electrons. The molecule has 0 bridgehead atoms. The van der Waals surface area contributed by atoms with Gasteiger partial charge in [-0.15, -0.1) is 11.3 Å². The van der Waals surface area contributed by atoms with Crippen LogP contribution >= 0.6 is 11.3 Å². The number of aryl methyl sites for hydroxylation is 1. The Balaban J connectivity index is 2.27. The number of carbonyl (C=O) groups excluding carboxylic acids is 1. The highest BCUT2D eigenvalue weighted by atomic mass is 32.2. The Morgan fingerprint density at radius 3 is 2.79 bits per heavy atom. The molecule has 108 valence electrons. The highest BCUT2D eigenvalue weighted by Gasteiger charge is 2.15. The third-order valence-electron chi connectivity index (χ3n) is 2.48. The van der Waals surface area contributed by atoms with Gasteiger partial charge in [0.15, 0.2) is 0 Å². The van der Waals surface area contributed by atoms with E-state index in [-0.39, 0.29) is 18.1 Å². The van der Waals surface area contributed by atoms with Gasteiger partial charge in [0, 0.05) is 24.6 Å².